The van der Waals surface area contributed by atoms with Gasteiger partial charge in [0.15, 0.2) is 0 Å². The topological polar surface area (TPSA) is 91.8 Å². The number of carbonyl (C=O) groups excluding carboxylic acids is 1. The van der Waals surface area contributed by atoms with Gasteiger partial charge in [-0.25, -0.2) is 13.2 Å². The Morgan fingerprint density at radius 2 is 1.82 bits per heavy atom. The molecule has 2 rings (SSSR count). The summed E-state index contributed by atoms with van der Waals surface area (Å²) in [6.45, 7) is 0.285. The first-order chi connectivity index (χ1) is 10.2. The predicted octanol–water partition coefficient (Wildman–Crippen LogP) is 1.37. The molecule has 0 aliphatic carbocycles. The van der Waals surface area contributed by atoms with Crippen LogP contribution in [0.15, 0.2) is 29.2 Å². The second-order valence-corrected chi connectivity index (χ2v) is 6.74. The zero-order chi connectivity index (χ0) is 16.5. The van der Waals surface area contributed by atoms with Crippen molar-refractivity contribution >= 4 is 21.7 Å². The highest BCUT2D eigenvalue weighted by Gasteiger charge is 2.34. The maximum atomic E-state index is 12.4. The van der Waals surface area contributed by atoms with Gasteiger partial charge in [0.05, 0.1) is 4.90 Å². The summed E-state index contributed by atoms with van der Waals surface area (Å²) >= 11 is 0. The molecule has 22 heavy (non-hydrogen) atoms. The smallest absolute Gasteiger partial charge is 0.341 e. The van der Waals surface area contributed by atoms with E-state index in [0.717, 1.165) is 24.3 Å². The summed E-state index contributed by atoms with van der Waals surface area (Å²) in [5.41, 5.74) is 0.0568. The average Bonchev–Trinajstić information content (AvgIpc) is 2.96. The summed E-state index contributed by atoms with van der Waals surface area (Å²) in [5.74, 6) is -5.21. The number of likely N-dealkylation sites (tertiary alicyclic amines) is 1. The lowest BCUT2D eigenvalue weighted by atomic mass is 10.1. The van der Waals surface area contributed by atoms with E-state index in [1.165, 1.54) is 4.90 Å². The Labute approximate surface area is 125 Å². The van der Waals surface area contributed by atoms with Crippen LogP contribution in [0.25, 0.3) is 0 Å². The SMILES string of the molecule is O=C(O)[C@H]1CCCN1C(=O)c1ccc(S(=O)(=O)C(F)F)cc1. The minimum Gasteiger partial charge on any atom is -0.480 e. The third-order valence-electron chi connectivity index (χ3n) is 3.46. The largest absolute Gasteiger partial charge is 0.480 e. The van der Waals surface area contributed by atoms with Gasteiger partial charge >= 0.3 is 11.7 Å². The summed E-state index contributed by atoms with van der Waals surface area (Å²) in [4.78, 5) is 23.9. The van der Waals surface area contributed by atoms with Gasteiger partial charge in [-0.2, -0.15) is 8.78 Å². The van der Waals surface area contributed by atoms with E-state index >= 15 is 0 Å². The van der Waals surface area contributed by atoms with Crippen LogP contribution in [0.5, 0.6) is 0 Å². The first kappa shape index (κ1) is 16.3. The van der Waals surface area contributed by atoms with Crippen LogP contribution in [-0.4, -0.2) is 48.6 Å². The van der Waals surface area contributed by atoms with Crippen molar-refractivity contribution in [2.45, 2.75) is 29.5 Å². The van der Waals surface area contributed by atoms with Crippen LogP contribution < -0.4 is 0 Å². The lowest BCUT2D eigenvalue weighted by molar-refractivity contribution is -0.141. The lowest BCUT2D eigenvalue weighted by Crippen LogP contribution is -2.40. The first-order valence-electron chi connectivity index (χ1n) is 6.41. The van der Waals surface area contributed by atoms with Gasteiger partial charge < -0.3 is 10.0 Å². The molecular weight excluding hydrogens is 320 g/mol. The van der Waals surface area contributed by atoms with Crippen molar-refractivity contribution in [3.63, 3.8) is 0 Å². The number of hydrogen-bond acceptors (Lipinski definition) is 4. The molecule has 1 saturated heterocycles. The second-order valence-electron chi connectivity index (χ2n) is 4.82. The number of nitrogens with zero attached hydrogens (tertiary/aromatic N) is 1. The predicted molar refractivity (Wildman–Crippen MR) is 71.3 cm³/mol. The summed E-state index contributed by atoms with van der Waals surface area (Å²) in [6.07, 6.45) is 0.902. The molecule has 1 amide bonds. The van der Waals surface area contributed by atoms with Crippen molar-refractivity contribution in [2.24, 2.45) is 0 Å². The van der Waals surface area contributed by atoms with Gasteiger partial charge in [0, 0.05) is 12.1 Å². The highest BCUT2D eigenvalue weighted by molar-refractivity contribution is 7.91. The van der Waals surface area contributed by atoms with E-state index in [9.17, 15) is 26.8 Å². The number of halogens is 2. The van der Waals surface area contributed by atoms with E-state index in [-0.39, 0.29) is 12.1 Å². The number of alkyl halides is 2. The van der Waals surface area contributed by atoms with Gasteiger partial charge in [0.2, 0.25) is 9.84 Å². The first-order valence-corrected chi connectivity index (χ1v) is 7.95. The minimum absolute atomic E-state index is 0.0568. The zero-order valence-corrected chi connectivity index (χ0v) is 12.1. The second kappa shape index (κ2) is 5.99. The molecule has 0 spiro atoms. The molecule has 6 nitrogen and oxygen atoms in total. The average molecular weight is 333 g/mol. The number of carboxylic acids is 1. The number of hydrogen-bond donors (Lipinski definition) is 1. The van der Waals surface area contributed by atoms with E-state index in [4.69, 9.17) is 5.11 Å². The summed E-state index contributed by atoms with van der Waals surface area (Å²) in [6, 6.07) is 3.13. The molecule has 9 heteroatoms. The van der Waals surface area contributed by atoms with Crippen molar-refractivity contribution < 1.29 is 31.9 Å². The molecule has 1 heterocycles. The number of benzene rings is 1. The maximum Gasteiger partial charge on any atom is 0.341 e. The molecule has 1 atom stereocenters. The molecule has 1 fully saturated rings. The van der Waals surface area contributed by atoms with Gasteiger partial charge in [-0.05, 0) is 37.1 Å². The van der Waals surface area contributed by atoms with Crippen LogP contribution in [0.3, 0.4) is 0 Å². The van der Waals surface area contributed by atoms with Crippen molar-refractivity contribution in [2.75, 3.05) is 6.54 Å². The molecule has 0 unspecified atom stereocenters. The molecule has 1 N–H and O–H groups in total. The van der Waals surface area contributed by atoms with Crippen molar-refractivity contribution in [3.05, 3.63) is 29.8 Å². The monoisotopic (exact) mass is 333 g/mol. The fourth-order valence-electron chi connectivity index (χ4n) is 2.32. The Morgan fingerprint density at radius 1 is 1.23 bits per heavy atom. The molecule has 0 saturated carbocycles. The van der Waals surface area contributed by atoms with Crippen LogP contribution in [0.2, 0.25) is 0 Å². The van der Waals surface area contributed by atoms with Gasteiger partial charge in [-0.3, -0.25) is 4.79 Å². The van der Waals surface area contributed by atoms with E-state index in [1.54, 1.807) is 0 Å². The molecule has 0 aromatic heterocycles. The molecule has 1 aliphatic rings. The Bertz CT molecular complexity index is 687. The lowest BCUT2D eigenvalue weighted by Gasteiger charge is -2.21. The fraction of sp³-hybridized carbons (Fsp3) is 0.385. The Kier molecular flexibility index (Phi) is 4.45. The highest BCUT2D eigenvalue weighted by atomic mass is 32.2. The third kappa shape index (κ3) is 2.94. The highest BCUT2D eigenvalue weighted by Crippen LogP contribution is 2.22. The molecule has 1 aromatic rings. The Hall–Kier alpha value is -2.03. The normalized spacial score (nSPS) is 18.7. The number of amides is 1. The molecule has 1 aromatic carbocycles. The van der Waals surface area contributed by atoms with Gasteiger partial charge in [-0.1, -0.05) is 0 Å². The van der Waals surface area contributed by atoms with Crippen molar-refractivity contribution in [1.82, 2.24) is 4.90 Å². The summed E-state index contributed by atoms with van der Waals surface area (Å²) in [7, 11) is -4.71. The molecule has 0 radical (unpaired) electrons. The summed E-state index contributed by atoms with van der Waals surface area (Å²) < 4.78 is 47.4. The molecule has 0 bridgehead atoms. The van der Waals surface area contributed by atoms with Crippen LogP contribution in [0.1, 0.15) is 23.2 Å². The van der Waals surface area contributed by atoms with Crippen molar-refractivity contribution in [1.29, 1.82) is 0 Å². The van der Waals surface area contributed by atoms with Gasteiger partial charge in [-0.15, -0.1) is 0 Å². The fourth-order valence-corrected chi connectivity index (χ4v) is 3.04. The number of aliphatic carboxylic acids is 1. The number of sulfone groups is 1. The molecule has 1 aliphatic heterocycles. The number of carboxylic acid groups (broad SMARTS) is 1. The minimum atomic E-state index is -4.71. The Balaban J connectivity index is 2.24. The maximum absolute atomic E-state index is 12.4. The standard InChI is InChI=1S/C13H13F2NO5S/c14-13(15)22(20,21)9-5-3-8(4-6-9)11(17)16-7-1-2-10(16)12(18)19/h3-6,10,13H,1-2,7H2,(H,18,19)/t10-/m1/s1. The van der Waals surface area contributed by atoms with E-state index in [0.29, 0.717) is 12.8 Å². The van der Waals surface area contributed by atoms with Crippen LogP contribution in [0.4, 0.5) is 8.78 Å². The zero-order valence-electron chi connectivity index (χ0n) is 11.3. The summed E-state index contributed by atoms with van der Waals surface area (Å²) in [5, 5.41) is 9.03. The van der Waals surface area contributed by atoms with E-state index in [1.807, 2.05) is 0 Å². The van der Waals surface area contributed by atoms with Crippen LogP contribution >= 0.6 is 0 Å². The van der Waals surface area contributed by atoms with E-state index in [2.05, 4.69) is 0 Å². The number of rotatable bonds is 4. The third-order valence-corrected chi connectivity index (χ3v) is 4.86. The van der Waals surface area contributed by atoms with Gasteiger partial charge in [0.25, 0.3) is 5.91 Å². The Morgan fingerprint density at radius 3 is 2.32 bits per heavy atom. The molecular formula is C13H13F2NO5S. The number of carbonyl (C=O) groups is 2. The van der Waals surface area contributed by atoms with Crippen LogP contribution in [0, 0.1) is 0 Å². The van der Waals surface area contributed by atoms with Crippen LogP contribution in [-0.2, 0) is 14.6 Å². The van der Waals surface area contributed by atoms with Crippen molar-refractivity contribution in [3.8, 4) is 0 Å². The quantitative estimate of drug-likeness (QED) is 0.898. The van der Waals surface area contributed by atoms with E-state index < -0.39 is 38.4 Å². The molecule has 120 valence electrons. The van der Waals surface area contributed by atoms with Gasteiger partial charge in [0.1, 0.15) is 6.04 Å².